The summed E-state index contributed by atoms with van der Waals surface area (Å²) in [6.45, 7) is 1.35. The monoisotopic (exact) mass is 478 g/mol. The highest BCUT2D eigenvalue weighted by Gasteiger charge is 2.17. The number of benzene rings is 1. The van der Waals surface area contributed by atoms with Gasteiger partial charge in [0.1, 0.15) is 5.75 Å². The third-order valence-electron chi connectivity index (χ3n) is 4.38. The van der Waals surface area contributed by atoms with Gasteiger partial charge in [0.2, 0.25) is 0 Å². The summed E-state index contributed by atoms with van der Waals surface area (Å²) in [4.78, 5) is 22.0. The first kappa shape index (κ1) is 23.3. The van der Waals surface area contributed by atoms with E-state index in [-0.39, 0.29) is 5.69 Å². The normalized spacial score (nSPS) is 11.0. The zero-order chi connectivity index (χ0) is 22.5. The Morgan fingerprint density at radius 1 is 1.06 bits per heavy atom. The van der Waals surface area contributed by atoms with Crippen molar-refractivity contribution in [3.63, 3.8) is 0 Å². The molecule has 0 saturated heterocycles. The predicted molar refractivity (Wildman–Crippen MR) is 121 cm³/mol. The van der Waals surface area contributed by atoms with Gasteiger partial charge in [-0.05, 0) is 50.8 Å². The number of carboxylic acids is 1. The van der Waals surface area contributed by atoms with Crippen LogP contribution in [0.5, 0.6) is 5.75 Å². The molecule has 0 spiro atoms. The number of hydrogen-bond acceptors (Lipinski definition) is 6. The minimum atomic E-state index is -1.39. The molecule has 0 aliphatic carbocycles. The molecule has 31 heavy (non-hydrogen) atoms. The predicted octanol–water partition coefficient (Wildman–Crippen LogP) is 4.46. The van der Waals surface area contributed by atoms with Gasteiger partial charge in [-0.1, -0.05) is 40.9 Å². The number of ether oxygens (including phenoxy) is 1. The van der Waals surface area contributed by atoms with Crippen molar-refractivity contribution in [3.8, 4) is 28.3 Å². The van der Waals surface area contributed by atoms with Crippen molar-refractivity contribution in [2.75, 3.05) is 27.2 Å². The molecule has 0 N–H and O–H groups in total. The molecule has 3 aromatic rings. The molecule has 0 bridgehead atoms. The Labute approximate surface area is 195 Å². The van der Waals surface area contributed by atoms with Gasteiger partial charge >= 0.3 is 0 Å². The Morgan fingerprint density at radius 3 is 2.52 bits per heavy atom. The van der Waals surface area contributed by atoms with Crippen LogP contribution in [0.3, 0.4) is 0 Å². The molecule has 0 fully saturated rings. The van der Waals surface area contributed by atoms with E-state index in [1.807, 2.05) is 14.1 Å². The van der Waals surface area contributed by atoms with Crippen LogP contribution in [0.1, 0.15) is 16.9 Å². The summed E-state index contributed by atoms with van der Waals surface area (Å²) in [5.74, 6) is -0.920. The average molecular weight is 480 g/mol. The van der Waals surface area contributed by atoms with Crippen molar-refractivity contribution < 1.29 is 14.6 Å². The lowest BCUT2D eigenvalue weighted by molar-refractivity contribution is -0.255. The van der Waals surface area contributed by atoms with Crippen molar-refractivity contribution in [2.45, 2.75) is 6.42 Å². The number of hydrogen-bond donors (Lipinski definition) is 0. The molecule has 3 rings (SSSR count). The van der Waals surface area contributed by atoms with Crippen LogP contribution in [0.4, 0.5) is 0 Å². The Kier molecular flexibility index (Phi) is 7.73. The lowest BCUT2D eigenvalue weighted by atomic mass is 10.0. The third-order valence-corrected chi connectivity index (χ3v) is 5.19. The van der Waals surface area contributed by atoms with Gasteiger partial charge in [-0.2, -0.15) is 0 Å². The lowest BCUT2D eigenvalue weighted by Crippen LogP contribution is -2.23. The summed E-state index contributed by atoms with van der Waals surface area (Å²) in [6, 6.07) is 9.60. The van der Waals surface area contributed by atoms with Crippen LogP contribution in [-0.2, 0) is 0 Å². The zero-order valence-electron chi connectivity index (χ0n) is 16.9. The summed E-state index contributed by atoms with van der Waals surface area (Å²) in [5, 5.41) is 12.5. The second kappa shape index (κ2) is 10.3. The highest BCUT2D eigenvalue weighted by molar-refractivity contribution is 6.36. The highest BCUT2D eigenvalue weighted by atomic mass is 35.5. The van der Waals surface area contributed by atoms with E-state index < -0.39 is 5.97 Å². The molecule has 6 nitrogen and oxygen atoms in total. The molecule has 0 radical (unpaired) electrons. The molecule has 0 unspecified atom stereocenters. The number of nitrogens with zero attached hydrogens (tertiary/aromatic N) is 3. The average Bonchev–Trinajstić information content (AvgIpc) is 2.72. The summed E-state index contributed by atoms with van der Waals surface area (Å²) in [5.41, 5.74) is 1.69. The quantitative estimate of drug-likeness (QED) is 0.444. The first-order valence-electron chi connectivity index (χ1n) is 9.37. The van der Waals surface area contributed by atoms with E-state index in [9.17, 15) is 9.90 Å². The van der Waals surface area contributed by atoms with Crippen LogP contribution in [0.2, 0.25) is 15.1 Å². The molecule has 1 aromatic carbocycles. The van der Waals surface area contributed by atoms with Crippen LogP contribution >= 0.6 is 34.8 Å². The van der Waals surface area contributed by atoms with Crippen LogP contribution in [0, 0.1) is 0 Å². The van der Waals surface area contributed by atoms with Gasteiger partial charge in [-0.15, -0.1) is 0 Å². The van der Waals surface area contributed by atoms with Crippen LogP contribution < -0.4 is 9.84 Å². The molecule has 0 amide bonds. The maximum Gasteiger partial charge on any atom is 0.138 e. The third kappa shape index (κ3) is 5.86. The van der Waals surface area contributed by atoms with Crippen molar-refractivity contribution >= 4 is 40.8 Å². The van der Waals surface area contributed by atoms with E-state index in [0.29, 0.717) is 49.9 Å². The first-order chi connectivity index (χ1) is 14.8. The van der Waals surface area contributed by atoms with Gasteiger partial charge in [0.25, 0.3) is 0 Å². The van der Waals surface area contributed by atoms with Crippen LogP contribution in [-0.4, -0.2) is 48.1 Å². The second-order valence-corrected chi connectivity index (χ2v) is 8.27. The minimum absolute atomic E-state index is 0.216. The van der Waals surface area contributed by atoms with E-state index in [1.165, 1.54) is 12.3 Å². The van der Waals surface area contributed by atoms with Crippen molar-refractivity contribution in [2.24, 2.45) is 0 Å². The number of aromatic nitrogens is 2. The topological polar surface area (TPSA) is 78.4 Å². The molecule has 0 atom stereocenters. The van der Waals surface area contributed by atoms with Gasteiger partial charge in [-0.3, -0.25) is 4.98 Å². The van der Waals surface area contributed by atoms with E-state index >= 15 is 0 Å². The van der Waals surface area contributed by atoms with Gasteiger partial charge in [-0.25, -0.2) is 4.98 Å². The number of pyridine rings is 2. The zero-order valence-corrected chi connectivity index (χ0v) is 19.1. The van der Waals surface area contributed by atoms with Gasteiger partial charge in [0.05, 0.1) is 44.7 Å². The molecule has 162 valence electrons. The van der Waals surface area contributed by atoms with Crippen LogP contribution in [0.25, 0.3) is 22.5 Å². The number of carbonyl (C=O) groups is 1. The Morgan fingerprint density at radius 2 is 1.84 bits per heavy atom. The number of halogens is 3. The standard InChI is InChI=1S/C22H20Cl3N3O3/c1-28(2)8-3-9-31-19-10-13(4-6-16(19)24)20-15(5-7-18(27-20)22(29)30)21-17(25)11-14(23)12-26-21/h4-7,10-12H,3,8-9H2,1-2H3,(H,29,30)/p-1. The molecule has 0 aliphatic heterocycles. The maximum atomic E-state index is 11.4. The minimum Gasteiger partial charge on any atom is -0.543 e. The number of aromatic carboxylic acids is 1. The fourth-order valence-corrected chi connectivity index (χ4v) is 3.57. The summed E-state index contributed by atoms with van der Waals surface area (Å²) in [6.07, 6.45) is 2.28. The maximum absolute atomic E-state index is 11.4. The molecule has 0 aliphatic rings. The summed E-state index contributed by atoms with van der Waals surface area (Å²) in [7, 11) is 3.97. The molecular weight excluding hydrogens is 461 g/mol. The summed E-state index contributed by atoms with van der Waals surface area (Å²) < 4.78 is 5.84. The fraction of sp³-hybridized carbons (Fsp3) is 0.227. The van der Waals surface area contributed by atoms with Gasteiger partial charge in [0.15, 0.2) is 0 Å². The number of carbonyl (C=O) groups excluding carboxylic acids is 1. The Hall–Kier alpha value is -2.38. The van der Waals surface area contributed by atoms with Crippen molar-refractivity contribution in [3.05, 3.63) is 63.4 Å². The molecule has 2 aromatic heterocycles. The van der Waals surface area contributed by atoms with Crippen molar-refractivity contribution in [1.82, 2.24) is 14.9 Å². The highest BCUT2D eigenvalue weighted by Crippen LogP contribution is 2.37. The summed E-state index contributed by atoms with van der Waals surface area (Å²) >= 11 is 18.6. The van der Waals surface area contributed by atoms with Crippen molar-refractivity contribution in [1.29, 1.82) is 0 Å². The van der Waals surface area contributed by atoms with E-state index in [4.69, 9.17) is 39.5 Å². The number of rotatable bonds is 8. The van der Waals surface area contributed by atoms with Gasteiger partial charge in [0, 0.05) is 23.9 Å². The number of carboxylic acid groups (broad SMARTS) is 1. The SMILES string of the molecule is CN(C)CCCOc1cc(-c2nc(C(=O)[O-])ccc2-c2ncc(Cl)cc2Cl)ccc1Cl. The molecule has 2 heterocycles. The van der Waals surface area contributed by atoms with E-state index in [1.54, 1.807) is 30.3 Å². The Bertz CT molecular complexity index is 1110. The van der Waals surface area contributed by atoms with E-state index in [2.05, 4.69) is 14.9 Å². The Balaban J connectivity index is 2.05. The van der Waals surface area contributed by atoms with E-state index in [0.717, 1.165) is 13.0 Å². The molecule has 9 heteroatoms. The van der Waals surface area contributed by atoms with Crippen LogP contribution in [0.15, 0.2) is 42.6 Å². The molecular formula is C22H19Cl3N3O3-. The van der Waals surface area contributed by atoms with Gasteiger partial charge < -0.3 is 19.5 Å². The lowest BCUT2D eigenvalue weighted by Gasteiger charge is -2.15. The first-order valence-corrected chi connectivity index (χ1v) is 10.5. The fourth-order valence-electron chi connectivity index (χ4n) is 2.92. The smallest absolute Gasteiger partial charge is 0.138 e. The largest absolute Gasteiger partial charge is 0.543 e. The second-order valence-electron chi connectivity index (χ2n) is 7.01. The molecule has 0 saturated carbocycles.